The Morgan fingerprint density at radius 2 is 1.79 bits per heavy atom. The molecule has 0 aliphatic rings. The number of hydrogen-bond donors (Lipinski definition) is 1. The molecule has 0 aliphatic carbocycles. The molecule has 0 fully saturated rings. The van der Waals surface area contributed by atoms with Gasteiger partial charge in [-0.2, -0.15) is 13.2 Å². The predicted octanol–water partition coefficient (Wildman–Crippen LogP) is 2.22. The number of carbonyl (C=O) groups is 1. The van der Waals surface area contributed by atoms with Gasteiger partial charge in [0.25, 0.3) is 0 Å². The van der Waals surface area contributed by atoms with Crippen molar-refractivity contribution in [3.63, 3.8) is 0 Å². The summed E-state index contributed by atoms with van der Waals surface area (Å²) in [6, 6.07) is 3.92. The number of ether oxygens (including phenoxy) is 1. The average molecular weight is 302 g/mol. The second kappa shape index (κ2) is 7.30. The highest BCUT2D eigenvalue weighted by atomic mass is 35.5. The minimum Gasteiger partial charge on any atom is -0.455 e. The van der Waals surface area contributed by atoms with Gasteiger partial charge in [0.1, 0.15) is 11.9 Å². The van der Waals surface area contributed by atoms with Crippen LogP contribution in [0.5, 0.6) is 0 Å². The molecule has 0 spiro atoms. The summed E-state index contributed by atoms with van der Waals surface area (Å²) in [5.74, 6) is -1.59. The molecular formula is C11H12ClF4NO2. The van der Waals surface area contributed by atoms with E-state index in [1.165, 1.54) is 24.3 Å². The number of rotatable bonds is 4. The van der Waals surface area contributed by atoms with E-state index in [2.05, 4.69) is 4.74 Å². The average Bonchev–Trinajstić information content (AvgIpc) is 2.28. The third kappa shape index (κ3) is 6.97. The number of alkyl halides is 3. The van der Waals surface area contributed by atoms with Gasteiger partial charge in [0, 0.05) is 0 Å². The van der Waals surface area contributed by atoms with E-state index in [1.54, 1.807) is 0 Å². The van der Waals surface area contributed by atoms with E-state index in [9.17, 15) is 22.4 Å². The number of nitrogens with two attached hydrogens (primary N) is 1. The van der Waals surface area contributed by atoms with Crippen LogP contribution in [0.3, 0.4) is 0 Å². The van der Waals surface area contributed by atoms with Crippen molar-refractivity contribution in [1.82, 2.24) is 0 Å². The lowest BCUT2D eigenvalue weighted by atomic mass is 10.1. The Labute approximate surface area is 113 Å². The predicted molar refractivity (Wildman–Crippen MR) is 62.3 cm³/mol. The zero-order valence-electron chi connectivity index (χ0n) is 9.61. The van der Waals surface area contributed by atoms with E-state index in [0.717, 1.165) is 0 Å². The van der Waals surface area contributed by atoms with Crippen LogP contribution in [0.4, 0.5) is 17.6 Å². The van der Waals surface area contributed by atoms with Gasteiger partial charge in [-0.15, -0.1) is 12.4 Å². The summed E-state index contributed by atoms with van der Waals surface area (Å²) in [4.78, 5) is 11.1. The third-order valence-corrected chi connectivity index (χ3v) is 2.05. The Balaban J connectivity index is 0.00000324. The Kier molecular flexibility index (Phi) is 6.78. The van der Waals surface area contributed by atoms with E-state index < -0.39 is 30.6 Å². The Morgan fingerprint density at radius 3 is 2.26 bits per heavy atom. The number of esters is 1. The maximum atomic E-state index is 12.6. The van der Waals surface area contributed by atoms with Gasteiger partial charge in [-0.1, -0.05) is 12.1 Å². The molecule has 0 unspecified atom stereocenters. The maximum absolute atomic E-state index is 12.6. The molecule has 0 aliphatic heterocycles. The zero-order valence-corrected chi connectivity index (χ0v) is 10.4. The summed E-state index contributed by atoms with van der Waals surface area (Å²) < 4.78 is 52.0. The van der Waals surface area contributed by atoms with Crippen LogP contribution in [-0.4, -0.2) is 24.8 Å². The number of benzene rings is 1. The van der Waals surface area contributed by atoms with Gasteiger partial charge >= 0.3 is 12.1 Å². The molecular weight excluding hydrogens is 290 g/mol. The molecule has 0 aromatic heterocycles. The van der Waals surface area contributed by atoms with Gasteiger partial charge < -0.3 is 10.5 Å². The Hall–Kier alpha value is -1.34. The summed E-state index contributed by atoms with van der Waals surface area (Å²) in [5.41, 5.74) is 5.92. The fourth-order valence-electron chi connectivity index (χ4n) is 1.22. The fraction of sp³-hybridized carbons (Fsp3) is 0.364. The number of halogens is 5. The summed E-state index contributed by atoms with van der Waals surface area (Å²) in [5, 5.41) is 0. The molecule has 0 radical (unpaired) electrons. The molecule has 1 atom stereocenters. The van der Waals surface area contributed by atoms with Crippen molar-refractivity contribution in [2.45, 2.75) is 18.6 Å². The van der Waals surface area contributed by atoms with E-state index in [1.807, 2.05) is 0 Å². The molecule has 0 amide bonds. The third-order valence-electron chi connectivity index (χ3n) is 2.05. The topological polar surface area (TPSA) is 52.3 Å². The standard InChI is InChI=1S/C11H11F4NO2.ClH/c12-8-3-1-7(2-4-8)5-9(16)10(17)18-6-11(13,14)15;/h1-4,9H,5-6,16H2;1H/t9-;/m0./s1. The Morgan fingerprint density at radius 1 is 1.26 bits per heavy atom. The highest BCUT2D eigenvalue weighted by Gasteiger charge is 2.30. The summed E-state index contributed by atoms with van der Waals surface area (Å²) in [7, 11) is 0. The van der Waals surface area contributed by atoms with Crippen molar-refractivity contribution < 1.29 is 27.1 Å². The first kappa shape index (κ1) is 17.7. The van der Waals surface area contributed by atoms with Crippen LogP contribution in [0.2, 0.25) is 0 Å². The molecule has 1 aromatic carbocycles. The largest absolute Gasteiger partial charge is 0.455 e. The van der Waals surface area contributed by atoms with Gasteiger partial charge in [-0.05, 0) is 24.1 Å². The minimum absolute atomic E-state index is 0. The first-order valence-electron chi connectivity index (χ1n) is 5.01. The summed E-state index contributed by atoms with van der Waals surface area (Å²) in [6.45, 7) is -1.66. The molecule has 108 valence electrons. The van der Waals surface area contributed by atoms with Crippen molar-refractivity contribution in [3.05, 3.63) is 35.6 Å². The fourth-order valence-corrected chi connectivity index (χ4v) is 1.22. The lowest BCUT2D eigenvalue weighted by Gasteiger charge is -2.12. The molecule has 8 heteroatoms. The van der Waals surface area contributed by atoms with E-state index in [0.29, 0.717) is 5.56 Å². The minimum atomic E-state index is -4.58. The van der Waals surface area contributed by atoms with E-state index in [-0.39, 0.29) is 18.8 Å². The van der Waals surface area contributed by atoms with E-state index >= 15 is 0 Å². The van der Waals surface area contributed by atoms with Gasteiger partial charge in [-0.3, -0.25) is 4.79 Å². The molecule has 0 heterocycles. The van der Waals surface area contributed by atoms with Crippen molar-refractivity contribution in [2.75, 3.05) is 6.61 Å². The van der Waals surface area contributed by atoms with Crippen molar-refractivity contribution >= 4 is 18.4 Å². The van der Waals surface area contributed by atoms with Crippen LogP contribution in [-0.2, 0) is 16.0 Å². The van der Waals surface area contributed by atoms with Crippen molar-refractivity contribution in [3.8, 4) is 0 Å². The first-order valence-corrected chi connectivity index (χ1v) is 5.01. The molecule has 0 saturated heterocycles. The zero-order chi connectivity index (χ0) is 13.8. The second-order valence-corrected chi connectivity index (χ2v) is 3.66. The van der Waals surface area contributed by atoms with Gasteiger partial charge in [0.2, 0.25) is 0 Å². The van der Waals surface area contributed by atoms with Crippen LogP contribution >= 0.6 is 12.4 Å². The molecule has 19 heavy (non-hydrogen) atoms. The lowest BCUT2D eigenvalue weighted by Crippen LogP contribution is -2.36. The Bertz CT molecular complexity index is 408. The summed E-state index contributed by atoms with van der Waals surface area (Å²) >= 11 is 0. The van der Waals surface area contributed by atoms with Gasteiger partial charge in [0.15, 0.2) is 6.61 Å². The summed E-state index contributed by atoms with van der Waals surface area (Å²) in [6.07, 6.45) is -4.60. The quantitative estimate of drug-likeness (QED) is 0.685. The molecule has 0 bridgehead atoms. The van der Waals surface area contributed by atoms with E-state index in [4.69, 9.17) is 5.73 Å². The molecule has 0 saturated carbocycles. The SMILES string of the molecule is Cl.N[C@@H](Cc1ccc(F)cc1)C(=O)OCC(F)(F)F. The van der Waals surface area contributed by atoms with Crippen molar-refractivity contribution in [1.29, 1.82) is 0 Å². The van der Waals surface area contributed by atoms with Gasteiger partial charge in [-0.25, -0.2) is 4.39 Å². The molecule has 2 N–H and O–H groups in total. The monoisotopic (exact) mass is 301 g/mol. The van der Waals surface area contributed by atoms with Gasteiger partial charge in [0.05, 0.1) is 0 Å². The van der Waals surface area contributed by atoms with Crippen LogP contribution in [0.15, 0.2) is 24.3 Å². The van der Waals surface area contributed by atoms with Crippen molar-refractivity contribution in [2.24, 2.45) is 5.73 Å². The highest BCUT2D eigenvalue weighted by molar-refractivity contribution is 5.85. The molecule has 1 rings (SSSR count). The van der Waals surface area contributed by atoms with Crippen LogP contribution < -0.4 is 5.73 Å². The molecule has 3 nitrogen and oxygen atoms in total. The number of carbonyl (C=O) groups excluding carboxylic acids is 1. The smallest absolute Gasteiger partial charge is 0.422 e. The van der Waals surface area contributed by atoms with Crippen LogP contribution in [0, 0.1) is 5.82 Å². The lowest BCUT2D eigenvalue weighted by molar-refractivity contribution is -0.187. The first-order chi connectivity index (χ1) is 8.28. The maximum Gasteiger partial charge on any atom is 0.422 e. The van der Waals surface area contributed by atoms with Crippen LogP contribution in [0.25, 0.3) is 0 Å². The number of hydrogen-bond acceptors (Lipinski definition) is 3. The molecule has 1 aromatic rings. The normalized spacial score (nSPS) is 12.5. The van der Waals surface area contributed by atoms with Crippen LogP contribution in [0.1, 0.15) is 5.56 Å². The highest BCUT2D eigenvalue weighted by Crippen LogP contribution is 2.15. The second-order valence-electron chi connectivity index (χ2n) is 3.66.